The smallest absolute Gasteiger partial charge is 0.230 e. The number of ketones is 1. The van der Waals surface area contributed by atoms with E-state index in [9.17, 15) is 4.79 Å². The predicted molar refractivity (Wildman–Crippen MR) is 174 cm³/mol. The van der Waals surface area contributed by atoms with Crippen LogP contribution in [0.1, 0.15) is 23.2 Å². The summed E-state index contributed by atoms with van der Waals surface area (Å²) in [6.07, 6.45) is 1.86. The van der Waals surface area contributed by atoms with Gasteiger partial charge in [-0.25, -0.2) is 4.98 Å². The molecule has 0 spiro atoms. The van der Waals surface area contributed by atoms with Gasteiger partial charge in [0, 0.05) is 49.0 Å². The van der Waals surface area contributed by atoms with Crippen molar-refractivity contribution in [2.45, 2.75) is 24.9 Å². The molecule has 2 aromatic carbocycles. The molecule has 13 nitrogen and oxygen atoms in total. The summed E-state index contributed by atoms with van der Waals surface area (Å²) < 4.78 is 11.1. The van der Waals surface area contributed by atoms with Crippen molar-refractivity contribution in [1.29, 1.82) is 0 Å². The fourth-order valence-electron chi connectivity index (χ4n) is 6.12. The van der Waals surface area contributed by atoms with E-state index in [1.807, 2.05) is 42.5 Å². The summed E-state index contributed by atoms with van der Waals surface area (Å²) in [6.45, 7) is 6.45. The Morgan fingerprint density at radius 1 is 0.889 bits per heavy atom. The monoisotopic (exact) mass is 612 g/mol. The van der Waals surface area contributed by atoms with Crippen molar-refractivity contribution in [2.24, 2.45) is 0 Å². The molecular weight excluding hydrogens is 572 g/mol. The number of carbonyl (C=O) groups is 1. The standard InChI is InChI=1S/C32H40N10O3/c1-40(2)24-9-10-33-27(20-24)28(43)22-5-8-25-26(19-22)36-30(35-25)34-23-6-3-21(4-7-23)29-37-31(41-11-15-44-16-12-41)39-32(38-29)42-13-17-45-18-14-42/h3-8,19,24,27,33H,9-18,20H2,1-2H3,(H2,34,35,36). The van der Waals surface area contributed by atoms with Crippen molar-refractivity contribution in [3.05, 3.63) is 48.0 Å². The molecule has 3 N–H and O–H groups in total. The normalized spacial score (nSPS) is 21.0. The minimum Gasteiger partial charge on any atom is -0.378 e. The molecular formula is C32H40N10O3. The molecule has 0 bridgehead atoms. The van der Waals surface area contributed by atoms with E-state index >= 15 is 0 Å². The number of piperidine rings is 1. The van der Waals surface area contributed by atoms with E-state index < -0.39 is 0 Å². The summed E-state index contributed by atoms with van der Waals surface area (Å²) >= 11 is 0. The van der Waals surface area contributed by atoms with Crippen LogP contribution in [0.15, 0.2) is 42.5 Å². The number of rotatable bonds is 8. The van der Waals surface area contributed by atoms with Gasteiger partial charge in [-0.2, -0.15) is 15.0 Å². The quantitative estimate of drug-likeness (QED) is 0.252. The summed E-state index contributed by atoms with van der Waals surface area (Å²) in [5.41, 5.74) is 4.06. The third-order valence-corrected chi connectivity index (χ3v) is 8.79. The molecule has 0 radical (unpaired) electrons. The highest BCUT2D eigenvalue weighted by atomic mass is 16.5. The summed E-state index contributed by atoms with van der Waals surface area (Å²) in [4.78, 5) is 42.4. The highest BCUT2D eigenvalue weighted by Gasteiger charge is 2.29. The number of hydrogen-bond acceptors (Lipinski definition) is 12. The van der Waals surface area contributed by atoms with E-state index in [0.29, 0.717) is 61.7 Å². The van der Waals surface area contributed by atoms with Crippen LogP contribution in [0.4, 0.5) is 23.5 Å². The third-order valence-electron chi connectivity index (χ3n) is 8.79. The minimum absolute atomic E-state index is 0.120. The summed E-state index contributed by atoms with van der Waals surface area (Å²) in [5, 5.41) is 6.76. The van der Waals surface area contributed by atoms with Crippen molar-refractivity contribution in [3.63, 3.8) is 0 Å². The van der Waals surface area contributed by atoms with Crippen molar-refractivity contribution >= 4 is 40.3 Å². The number of fused-ring (bicyclic) bond motifs is 1. The van der Waals surface area contributed by atoms with Gasteiger partial charge in [0.05, 0.1) is 43.5 Å². The van der Waals surface area contributed by atoms with Crippen LogP contribution < -0.4 is 20.4 Å². The van der Waals surface area contributed by atoms with Gasteiger partial charge in [-0.15, -0.1) is 0 Å². The van der Waals surface area contributed by atoms with Crippen molar-refractivity contribution in [1.82, 2.24) is 35.1 Å². The first-order chi connectivity index (χ1) is 22.0. The largest absolute Gasteiger partial charge is 0.378 e. The Kier molecular flexibility index (Phi) is 8.57. The van der Waals surface area contributed by atoms with E-state index in [-0.39, 0.29) is 11.8 Å². The molecule has 7 rings (SSSR count). The lowest BCUT2D eigenvalue weighted by molar-refractivity contribution is 0.0891. The van der Waals surface area contributed by atoms with Gasteiger partial charge in [-0.05, 0) is 75.9 Å². The number of nitrogens with zero attached hydrogens (tertiary/aromatic N) is 7. The van der Waals surface area contributed by atoms with Gasteiger partial charge in [0.2, 0.25) is 17.8 Å². The number of aromatic amines is 1. The first-order valence-corrected chi connectivity index (χ1v) is 15.7. The number of anilines is 4. The highest BCUT2D eigenvalue weighted by molar-refractivity contribution is 6.02. The zero-order valence-electron chi connectivity index (χ0n) is 25.8. The summed E-state index contributed by atoms with van der Waals surface area (Å²) in [7, 11) is 4.15. The molecule has 236 valence electrons. The number of Topliss-reactive ketones (excluding diaryl/α,β-unsaturated/α-hetero) is 1. The van der Waals surface area contributed by atoms with Gasteiger partial charge in [-0.3, -0.25) is 4.79 Å². The zero-order valence-corrected chi connectivity index (χ0v) is 25.8. The maximum Gasteiger partial charge on any atom is 0.230 e. The van der Waals surface area contributed by atoms with Crippen LogP contribution in [0.2, 0.25) is 0 Å². The molecule has 2 aromatic heterocycles. The van der Waals surface area contributed by atoms with Crippen molar-refractivity contribution in [2.75, 3.05) is 88.4 Å². The van der Waals surface area contributed by atoms with Crippen molar-refractivity contribution in [3.8, 4) is 11.4 Å². The molecule has 5 heterocycles. The van der Waals surface area contributed by atoms with Gasteiger partial charge >= 0.3 is 0 Å². The Bertz CT molecular complexity index is 1590. The van der Waals surface area contributed by atoms with Crippen LogP contribution >= 0.6 is 0 Å². The molecule has 0 saturated carbocycles. The second-order valence-corrected chi connectivity index (χ2v) is 12.0. The number of morpholine rings is 2. The van der Waals surface area contributed by atoms with Gasteiger partial charge < -0.3 is 39.8 Å². The van der Waals surface area contributed by atoms with Crippen LogP contribution in [0.5, 0.6) is 0 Å². The number of aromatic nitrogens is 5. The maximum atomic E-state index is 13.3. The highest BCUT2D eigenvalue weighted by Crippen LogP contribution is 2.26. The third kappa shape index (κ3) is 6.61. The van der Waals surface area contributed by atoms with E-state index in [0.717, 1.165) is 67.8 Å². The number of nitrogens with one attached hydrogen (secondary N) is 3. The number of hydrogen-bond donors (Lipinski definition) is 3. The summed E-state index contributed by atoms with van der Waals surface area (Å²) in [5.74, 6) is 2.70. The molecule has 4 aromatic rings. The molecule has 0 aliphatic carbocycles. The Balaban J connectivity index is 1.08. The Labute approximate surface area is 262 Å². The number of carbonyl (C=O) groups excluding carboxylic acids is 1. The lowest BCUT2D eigenvalue weighted by Gasteiger charge is -2.33. The lowest BCUT2D eigenvalue weighted by Crippen LogP contribution is -2.49. The van der Waals surface area contributed by atoms with Crippen molar-refractivity contribution < 1.29 is 14.3 Å². The minimum atomic E-state index is -0.179. The SMILES string of the molecule is CN(C)C1CCNC(C(=O)c2ccc3nc(Nc4ccc(-c5nc(N6CCOCC6)nc(N6CCOCC6)n5)cc4)[nH]c3c2)C1. The fourth-order valence-corrected chi connectivity index (χ4v) is 6.12. The number of H-pyrrole nitrogens is 1. The average Bonchev–Trinajstić information content (AvgIpc) is 3.50. The van der Waals surface area contributed by atoms with Crippen LogP contribution in [0.25, 0.3) is 22.4 Å². The fraction of sp³-hybridized carbons (Fsp3) is 0.469. The van der Waals surface area contributed by atoms with E-state index in [1.165, 1.54) is 0 Å². The first-order valence-electron chi connectivity index (χ1n) is 15.7. The number of benzene rings is 2. The zero-order chi connectivity index (χ0) is 30.8. The van der Waals surface area contributed by atoms with Crippen LogP contribution in [-0.4, -0.2) is 121 Å². The molecule has 45 heavy (non-hydrogen) atoms. The molecule has 3 aliphatic rings. The average molecular weight is 613 g/mol. The lowest BCUT2D eigenvalue weighted by atomic mass is 9.92. The molecule has 0 amide bonds. The molecule has 3 aliphatic heterocycles. The van der Waals surface area contributed by atoms with E-state index in [2.05, 4.69) is 44.4 Å². The molecule has 2 unspecified atom stereocenters. The molecule has 3 saturated heterocycles. The van der Waals surface area contributed by atoms with E-state index in [4.69, 9.17) is 29.4 Å². The maximum absolute atomic E-state index is 13.3. The second-order valence-electron chi connectivity index (χ2n) is 12.0. The number of ether oxygens (including phenoxy) is 2. The summed E-state index contributed by atoms with van der Waals surface area (Å²) in [6, 6.07) is 13.9. The Morgan fingerprint density at radius 2 is 1.56 bits per heavy atom. The van der Waals surface area contributed by atoms with Crippen LogP contribution in [0.3, 0.4) is 0 Å². The van der Waals surface area contributed by atoms with Gasteiger partial charge in [0.25, 0.3) is 0 Å². The van der Waals surface area contributed by atoms with Gasteiger partial charge in [0.15, 0.2) is 11.6 Å². The number of imidazole rings is 1. The molecule has 2 atom stereocenters. The Hall–Kier alpha value is -4.17. The topological polar surface area (TPSA) is 137 Å². The van der Waals surface area contributed by atoms with Gasteiger partial charge in [-0.1, -0.05) is 0 Å². The molecule has 3 fully saturated rings. The van der Waals surface area contributed by atoms with Crippen LogP contribution in [-0.2, 0) is 9.47 Å². The van der Waals surface area contributed by atoms with Gasteiger partial charge in [0.1, 0.15) is 0 Å². The van der Waals surface area contributed by atoms with Crippen LogP contribution in [0, 0.1) is 0 Å². The molecule has 13 heteroatoms. The Morgan fingerprint density at radius 3 is 2.20 bits per heavy atom. The predicted octanol–water partition coefficient (Wildman–Crippen LogP) is 2.70. The second kappa shape index (κ2) is 13.1. The first kappa shape index (κ1) is 29.5. The van der Waals surface area contributed by atoms with E-state index in [1.54, 1.807) is 0 Å².